The molecule has 1 fully saturated rings. The fourth-order valence-electron chi connectivity index (χ4n) is 2.42. The average Bonchev–Trinajstić information content (AvgIpc) is 2.96. The Morgan fingerprint density at radius 2 is 2.35 bits per heavy atom. The van der Waals surface area contributed by atoms with Crippen molar-refractivity contribution in [1.82, 2.24) is 5.32 Å². The lowest BCUT2D eigenvalue weighted by molar-refractivity contribution is 0.0674. The zero-order chi connectivity index (χ0) is 14.4. The highest BCUT2D eigenvalue weighted by molar-refractivity contribution is 5.36. The molecule has 3 nitrogen and oxygen atoms in total. The summed E-state index contributed by atoms with van der Waals surface area (Å²) in [6.07, 6.45) is 3.36. The maximum Gasteiger partial charge on any atom is 0.124 e. The van der Waals surface area contributed by atoms with Crippen molar-refractivity contribution < 1.29 is 13.9 Å². The minimum Gasteiger partial charge on any atom is -0.491 e. The lowest BCUT2D eigenvalue weighted by Crippen LogP contribution is -2.22. The van der Waals surface area contributed by atoms with Gasteiger partial charge in [0, 0.05) is 18.2 Å². The second-order valence-electron chi connectivity index (χ2n) is 5.30. The lowest BCUT2D eigenvalue weighted by atomic mass is 10.1. The van der Waals surface area contributed by atoms with Crippen molar-refractivity contribution in [1.29, 1.82) is 0 Å². The van der Waals surface area contributed by atoms with Crippen molar-refractivity contribution in [3.8, 4) is 5.75 Å². The highest BCUT2D eigenvalue weighted by Crippen LogP contribution is 2.27. The number of benzene rings is 1. The molecule has 4 heteroatoms. The number of rotatable bonds is 7. The molecule has 2 unspecified atom stereocenters. The van der Waals surface area contributed by atoms with Crippen molar-refractivity contribution in [3.05, 3.63) is 29.6 Å². The van der Waals surface area contributed by atoms with Crippen LogP contribution in [0.5, 0.6) is 5.75 Å². The summed E-state index contributed by atoms with van der Waals surface area (Å²) >= 11 is 0. The van der Waals surface area contributed by atoms with Crippen LogP contribution >= 0.6 is 0 Å². The van der Waals surface area contributed by atoms with Crippen molar-refractivity contribution in [2.24, 2.45) is 0 Å². The van der Waals surface area contributed by atoms with Gasteiger partial charge in [0.15, 0.2) is 0 Å². The molecular weight excluding hydrogens is 257 g/mol. The Labute approximate surface area is 120 Å². The van der Waals surface area contributed by atoms with E-state index in [0.29, 0.717) is 6.61 Å². The van der Waals surface area contributed by atoms with E-state index in [1.54, 1.807) is 12.1 Å². The van der Waals surface area contributed by atoms with Gasteiger partial charge in [-0.05, 0) is 50.9 Å². The zero-order valence-corrected chi connectivity index (χ0v) is 12.3. The number of ether oxygens (including phenoxy) is 2. The molecule has 1 N–H and O–H groups in total. The molecule has 0 saturated carbocycles. The summed E-state index contributed by atoms with van der Waals surface area (Å²) in [6.45, 7) is 6.41. The number of hydrogen-bond acceptors (Lipinski definition) is 3. The maximum atomic E-state index is 13.5. The first-order chi connectivity index (χ1) is 9.70. The van der Waals surface area contributed by atoms with Crippen molar-refractivity contribution in [2.75, 3.05) is 19.8 Å². The second-order valence-corrected chi connectivity index (χ2v) is 5.30. The molecule has 1 aromatic rings. The van der Waals surface area contributed by atoms with Crippen LogP contribution in [-0.2, 0) is 4.74 Å². The monoisotopic (exact) mass is 281 g/mol. The summed E-state index contributed by atoms with van der Waals surface area (Å²) in [5.41, 5.74) is 0.872. The molecule has 0 bridgehead atoms. The Morgan fingerprint density at radius 3 is 3.05 bits per heavy atom. The smallest absolute Gasteiger partial charge is 0.124 e. The number of halogens is 1. The molecular formula is C16H24FNO2. The minimum absolute atomic E-state index is 0.0742. The van der Waals surface area contributed by atoms with E-state index in [-0.39, 0.29) is 18.0 Å². The minimum atomic E-state index is -0.227. The highest BCUT2D eigenvalue weighted by Gasteiger charge is 2.18. The molecule has 112 valence electrons. The first kappa shape index (κ1) is 15.3. The Kier molecular flexibility index (Phi) is 5.80. The fourth-order valence-corrected chi connectivity index (χ4v) is 2.42. The summed E-state index contributed by atoms with van der Waals surface area (Å²) in [5.74, 6) is 0.521. The quantitative estimate of drug-likeness (QED) is 0.830. The normalized spacial score (nSPS) is 20.1. The molecule has 0 amide bonds. The molecule has 0 spiro atoms. The van der Waals surface area contributed by atoms with E-state index in [2.05, 4.69) is 12.2 Å². The van der Waals surface area contributed by atoms with Crippen molar-refractivity contribution >= 4 is 0 Å². The van der Waals surface area contributed by atoms with E-state index in [0.717, 1.165) is 43.7 Å². The highest BCUT2D eigenvalue weighted by atomic mass is 19.1. The topological polar surface area (TPSA) is 30.5 Å². The van der Waals surface area contributed by atoms with Crippen LogP contribution in [0.1, 0.15) is 44.7 Å². The average molecular weight is 281 g/mol. The third-order valence-corrected chi connectivity index (χ3v) is 3.59. The van der Waals surface area contributed by atoms with Crippen LogP contribution in [0.15, 0.2) is 18.2 Å². The summed E-state index contributed by atoms with van der Waals surface area (Å²) in [6, 6.07) is 4.79. The Hall–Kier alpha value is -1.13. The van der Waals surface area contributed by atoms with Gasteiger partial charge in [-0.1, -0.05) is 6.92 Å². The first-order valence-electron chi connectivity index (χ1n) is 7.48. The molecule has 1 aromatic carbocycles. The van der Waals surface area contributed by atoms with Gasteiger partial charge in [-0.3, -0.25) is 0 Å². The predicted octanol–water partition coefficient (Wildman–Crippen LogP) is 3.44. The summed E-state index contributed by atoms with van der Waals surface area (Å²) in [5, 5.41) is 3.37. The standard InChI is InChI=1S/C16H24FNO2/c1-3-8-18-12(2)15-10-13(17)6-7-16(15)20-11-14-5-4-9-19-14/h6-7,10,12,14,18H,3-5,8-9,11H2,1-2H3. The van der Waals surface area contributed by atoms with E-state index in [1.165, 1.54) is 6.07 Å². The Balaban J connectivity index is 2.02. The van der Waals surface area contributed by atoms with Crippen molar-refractivity contribution in [2.45, 2.75) is 45.3 Å². The zero-order valence-electron chi connectivity index (χ0n) is 12.3. The van der Waals surface area contributed by atoms with Crippen LogP contribution in [0.2, 0.25) is 0 Å². The third kappa shape index (κ3) is 4.18. The summed E-state index contributed by atoms with van der Waals surface area (Å²) in [4.78, 5) is 0. The van der Waals surface area contributed by atoms with Crippen LogP contribution in [0.25, 0.3) is 0 Å². The van der Waals surface area contributed by atoms with Gasteiger partial charge in [0.2, 0.25) is 0 Å². The maximum absolute atomic E-state index is 13.5. The summed E-state index contributed by atoms with van der Waals surface area (Å²) in [7, 11) is 0. The first-order valence-corrected chi connectivity index (χ1v) is 7.48. The molecule has 0 aromatic heterocycles. The van der Waals surface area contributed by atoms with Gasteiger partial charge in [-0.2, -0.15) is 0 Å². The largest absolute Gasteiger partial charge is 0.491 e. The van der Waals surface area contributed by atoms with Gasteiger partial charge in [-0.15, -0.1) is 0 Å². The summed E-state index contributed by atoms with van der Waals surface area (Å²) < 4.78 is 24.9. The molecule has 20 heavy (non-hydrogen) atoms. The van der Waals surface area contributed by atoms with E-state index in [4.69, 9.17) is 9.47 Å². The molecule has 2 rings (SSSR count). The molecule has 0 radical (unpaired) electrons. The van der Waals surface area contributed by atoms with Crippen LogP contribution in [0.4, 0.5) is 4.39 Å². The van der Waals surface area contributed by atoms with Gasteiger partial charge in [0.25, 0.3) is 0 Å². The molecule has 0 aliphatic carbocycles. The van der Waals surface area contributed by atoms with Gasteiger partial charge < -0.3 is 14.8 Å². The second kappa shape index (κ2) is 7.60. The predicted molar refractivity (Wildman–Crippen MR) is 77.6 cm³/mol. The third-order valence-electron chi connectivity index (χ3n) is 3.59. The van der Waals surface area contributed by atoms with Gasteiger partial charge in [-0.25, -0.2) is 4.39 Å². The molecule has 1 heterocycles. The van der Waals surface area contributed by atoms with Crippen LogP contribution in [0.3, 0.4) is 0 Å². The molecule has 1 aliphatic heterocycles. The Bertz CT molecular complexity index is 419. The number of hydrogen-bond donors (Lipinski definition) is 1. The van der Waals surface area contributed by atoms with Crippen LogP contribution < -0.4 is 10.1 Å². The SMILES string of the molecule is CCCNC(C)c1cc(F)ccc1OCC1CCCO1. The Morgan fingerprint density at radius 1 is 1.50 bits per heavy atom. The lowest BCUT2D eigenvalue weighted by Gasteiger charge is -2.19. The molecule has 1 aliphatic rings. The number of nitrogens with one attached hydrogen (secondary N) is 1. The molecule has 2 atom stereocenters. The van der Waals surface area contributed by atoms with Gasteiger partial charge >= 0.3 is 0 Å². The van der Waals surface area contributed by atoms with E-state index < -0.39 is 0 Å². The van der Waals surface area contributed by atoms with Gasteiger partial charge in [0.05, 0.1) is 6.10 Å². The van der Waals surface area contributed by atoms with Crippen LogP contribution in [0, 0.1) is 5.82 Å². The van der Waals surface area contributed by atoms with Gasteiger partial charge in [0.1, 0.15) is 18.2 Å². The van der Waals surface area contributed by atoms with Crippen LogP contribution in [-0.4, -0.2) is 25.9 Å². The van der Waals surface area contributed by atoms with Crippen molar-refractivity contribution in [3.63, 3.8) is 0 Å². The van der Waals surface area contributed by atoms with E-state index in [1.807, 2.05) is 6.92 Å². The van der Waals surface area contributed by atoms with E-state index in [9.17, 15) is 4.39 Å². The van der Waals surface area contributed by atoms with E-state index >= 15 is 0 Å². The molecule has 1 saturated heterocycles. The fraction of sp³-hybridized carbons (Fsp3) is 0.625.